The van der Waals surface area contributed by atoms with Gasteiger partial charge in [0.2, 0.25) is 0 Å². The molecule has 0 aliphatic carbocycles. The maximum Gasteiger partial charge on any atom is 0.416 e. The van der Waals surface area contributed by atoms with Gasteiger partial charge in [0, 0.05) is 29.2 Å². The van der Waals surface area contributed by atoms with Crippen molar-refractivity contribution in [3.8, 4) is 5.69 Å². The maximum atomic E-state index is 12.5. The molecule has 0 saturated carbocycles. The first kappa shape index (κ1) is 13.4. The zero-order valence-corrected chi connectivity index (χ0v) is 10.5. The van der Waals surface area contributed by atoms with E-state index in [9.17, 15) is 18.0 Å². The summed E-state index contributed by atoms with van der Waals surface area (Å²) in [5.41, 5.74) is 1.17. The van der Waals surface area contributed by atoms with Gasteiger partial charge in [-0.3, -0.25) is 4.79 Å². The van der Waals surface area contributed by atoms with Gasteiger partial charge in [-0.2, -0.15) is 13.2 Å². The molecule has 0 bridgehead atoms. The number of nitrogens with zero attached hydrogens (tertiary/aromatic N) is 1. The smallest absolute Gasteiger partial charge is 0.318 e. The van der Waals surface area contributed by atoms with Crippen LogP contribution in [0.25, 0.3) is 5.69 Å². The second-order valence-electron chi connectivity index (χ2n) is 4.35. The number of aromatic nitrogens is 1. The first-order valence-corrected chi connectivity index (χ1v) is 5.67. The van der Waals surface area contributed by atoms with Crippen LogP contribution in [0.15, 0.2) is 41.2 Å². The van der Waals surface area contributed by atoms with E-state index in [1.807, 2.05) is 0 Å². The molecular formula is C14H12F3NO. The highest BCUT2D eigenvalue weighted by atomic mass is 19.4. The predicted octanol–water partition coefficient (Wildman–Crippen LogP) is 3.47. The van der Waals surface area contributed by atoms with Crippen LogP contribution in [0.4, 0.5) is 13.2 Å². The molecule has 100 valence electrons. The van der Waals surface area contributed by atoms with Crippen molar-refractivity contribution in [1.29, 1.82) is 0 Å². The van der Waals surface area contributed by atoms with Crippen molar-refractivity contribution in [2.75, 3.05) is 0 Å². The molecule has 1 aromatic carbocycles. The number of pyridine rings is 1. The molecule has 0 fully saturated rings. The molecule has 0 amide bonds. The summed E-state index contributed by atoms with van der Waals surface area (Å²) in [7, 11) is 0. The number of alkyl halides is 3. The van der Waals surface area contributed by atoms with Crippen molar-refractivity contribution < 1.29 is 13.2 Å². The van der Waals surface area contributed by atoms with Gasteiger partial charge in [0.05, 0.1) is 5.56 Å². The Hall–Kier alpha value is -2.04. The zero-order valence-electron chi connectivity index (χ0n) is 10.5. The van der Waals surface area contributed by atoms with Crippen LogP contribution in [0.3, 0.4) is 0 Å². The van der Waals surface area contributed by atoms with E-state index in [2.05, 4.69) is 0 Å². The molecule has 0 N–H and O–H groups in total. The van der Waals surface area contributed by atoms with Crippen LogP contribution in [0.5, 0.6) is 0 Å². The van der Waals surface area contributed by atoms with E-state index in [1.165, 1.54) is 24.3 Å². The third-order valence-electron chi connectivity index (χ3n) is 2.86. The molecule has 0 saturated heterocycles. The van der Waals surface area contributed by atoms with E-state index in [4.69, 9.17) is 0 Å². The molecule has 2 rings (SSSR count). The highest BCUT2D eigenvalue weighted by molar-refractivity contribution is 5.39. The Bertz CT molecular complexity index is 628. The predicted molar refractivity (Wildman–Crippen MR) is 66.5 cm³/mol. The van der Waals surface area contributed by atoms with Crippen molar-refractivity contribution >= 4 is 0 Å². The standard InChI is InChI=1S/C14H12F3NO/c1-9-7-13(19)8-10(2)18(9)12-5-3-11(4-6-12)14(15,16)17/h3-8H,1-2H3. The fourth-order valence-corrected chi connectivity index (χ4v) is 2.07. The largest absolute Gasteiger partial charge is 0.416 e. The summed E-state index contributed by atoms with van der Waals surface area (Å²) in [5.74, 6) is 0. The SMILES string of the molecule is Cc1cc(=O)cc(C)n1-c1ccc(C(F)(F)F)cc1. The molecule has 0 aliphatic heterocycles. The number of aryl methyl sites for hydroxylation is 2. The molecule has 2 nitrogen and oxygen atoms in total. The van der Waals surface area contributed by atoms with Gasteiger partial charge in [0.25, 0.3) is 0 Å². The minimum atomic E-state index is -4.34. The molecule has 1 heterocycles. The van der Waals surface area contributed by atoms with E-state index in [0.717, 1.165) is 12.1 Å². The number of hydrogen-bond donors (Lipinski definition) is 0. The van der Waals surface area contributed by atoms with Gasteiger partial charge in [0.15, 0.2) is 5.43 Å². The molecule has 0 spiro atoms. The van der Waals surface area contributed by atoms with Crippen LogP contribution in [0, 0.1) is 13.8 Å². The van der Waals surface area contributed by atoms with Gasteiger partial charge in [-0.15, -0.1) is 0 Å². The Kier molecular flexibility index (Phi) is 3.22. The topological polar surface area (TPSA) is 22.0 Å². The molecule has 1 aromatic heterocycles. The van der Waals surface area contributed by atoms with Crippen molar-refractivity contribution in [3.05, 3.63) is 63.6 Å². The molecule has 19 heavy (non-hydrogen) atoms. The lowest BCUT2D eigenvalue weighted by Gasteiger charge is -2.15. The van der Waals surface area contributed by atoms with Crippen LogP contribution in [-0.2, 0) is 6.18 Å². The lowest BCUT2D eigenvalue weighted by atomic mass is 10.2. The van der Waals surface area contributed by atoms with Crippen molar-refractivity contribution in [2.45, 2.75) is 20.0 Å². The second kappa shape index (κ2) is 4.57. The Morgan fingerprint density at radius 1 is 0.947 bits per heavy atom. The normalized spacial score (nSPS) is 11.6. The van der Waals surface area contributed by atoms with Crippen LogP contribution < -0.4 is 5.43 Å². The van der Waals surface area contributed by atoms with Crippen molar-refractivity contribution in [2.24, 2.45) is 0 Å². The molecular weight excluding hydrogens is 255 g/mol. The highest BCUT2D eigenvalue weighted by Crippen LogP contribution is 2.29. The fraction of sp³-hybridized carbons (Fsp3) is 0.214. The van der Waals surface area contributed by atoms with Gasteiger partial charge < -0.3 is 4.57 Å². The summed E-state index contributed by atoms with van der Waals surface area (Å²) in [4.78, 5) is 11.3. The van der Waals surface area contributed by atoms with E-state index in [0.29, 0.717) is 17.1 Å². The number of halogens is 3. The average Bonchev–Trinajstić information content (AvgIpc) is 2.27. The van der Waals surface area contributed by atoms with Crippen LogP contribution in [0.1, 0.15) is 17.0 Å². The minimum absolute atomic E-state index is 0.113. The van der Waals surface area contributed by atoms with E-state index >= 15 is 0 Å². The number of benzene rings is 1. The van der Waals surface area contributed by atoms with Gasteiger partial charge in [0.1, 0.15) is 0 Å². The average molecular weight is 267 g/mol. The number of hydrogen-bond acceptors (Lipinski definition) is 1. The summed E-state index contributed by atoms with van der Waals surface area (Å²) >= 11 is 0. The maximum absolute atomic E-state index is 12.5. The molecule has 2 aromatic rings. The Balaban J connectivity index is 2.52. The summed E-state index contributed by atoms with van der Waals surface area (Å²) in [6.07, 6.45) is -4.34. The molecule has 5 heteroatoms. The summed E-state index contributed by atoms with van der Waals surface area (Å²) in [6, 6.07) is 7.76. The van der Waals surface area contributed by atoms with Crippen molar-refractivity contribution in [3.63, 3.8) is 0 Å². The van der Waals surface area contributed by atoms with Gasteiger partial charge in [-0.1, -0.05) is 0 Å². The lowest BCUT2D eigenvalue weighted by molar-refractivity contribution is -0.137. The van der Waals surface area contributed by atoms with E-state index in [-0.39, 0.29) is 5.43 Å². The Labute approximate surface area is 108 Å². The molecule has 0 unspecified atom stereocenters. The van der Waals surface area contributed by atoms with Crippen LogP contribution in [0.2, 0.25) is 0 Å². The lowest BCUT2D eigenvalue weighted by Crippen LogP contribution is -2.11. The zero-order chi connectivity index (χ0) is 14.2. The van der Waals surface area contributed by atoms with Gasteiger partial charge in [-0.25, -0.2) is 0 Å². The monoisotopic (exact) mass is 267 g/mol. The van der Waals surface area contributed by atoms with Gasteiger partial charge in [-0.05, 0) is 38.1 Å². The first-order chi connectivity index (χ1) is 8.79. The third kappa shape index (κ3) is 2.70. The second-order valence-corrected chi connectivity index (χ2v) is 4.35. The highest BCUT2D eigenvalue weighted by Gasteiger charge is 2.30. The quantitative estimate of drug-likeness (QED) is 0.775. The number of rotatable bonds is 1. The van der Waals surface area contributed by atoms with Crippen LogP contribution in [-0.4, -0.2) is 4.57 Å². The first-order valence-electron chi connectivity index (χ1n) is 5.67. The Morgan fingerprint density at radius 2 is 1.42 bits per heavy atom. The van der Waals surface area contributed by atoms with Crippen molar-refractivity contribution in [1.82, 2.24) is 4.57 Å². The summed E-state index contributed by atoms with van der Waals surface area (Å²) in [6.45, 7) is 3.48. The molecule has 0 atom stereocenters. The minimum Gasteiger partial charge on any atom is -0.318 e. The van der Waals surface area contributed by atoms with E-state index in [1.54, 1.807) is 18.4 Å². The fourth-order valence-electron chi connectivity index (χ4n) is 2.07. The van der Waals surface area contributed by atoms with E-state index < -0.39 is 11.7 Å². The third-order valence-corrected chi connectivity index (χ3v) is 2.86. The Morgan fingerprint density at radius 3 is 1.84 bits per heavy atom. The summed E-state index contributed by atoms with van der Waals surface area (Å²) in [5, 5.41) is 0. The van der Waals surface area contributed by atoms with Gasteiger partial charge >= 0.3 is 6.18 Å². The summed E-state index contributed by atoms with van der Waals surface area (Å²) < 4.78 is 39.2. The molecule has 0 radical (unpaired) electrons. The molecule has 0 aliphatic rings. The van der Waals surface area contributed by atoms with Crippen LogP contribution >= 0.6 is 0 Å².